The van der Waals surface area contributed by atoms with E-state index in [1.165, 1.54) is 0 Å². The Bertz CT molecular complexity index is 324. The molecule has 2 aliphatic heterocycles. The molecule has 0 aromatic rings. The summed E-state index contributed by atoms with van der Waals surface area (Å²) in [7, 11) is 1.86. The fourth-order valence-electron chi connectivity index (χ4n) is 2.62. The molecule has 0 spiro atoms. The molecule has 2 aliphatic rings. The third-order valence-corrected chi connectivity index (χ3v) is 5.02. The Balaban J connectivity index is 1.78. The van der Waals surface area contributed by atoms with Crippen LogP contribution >= 0.6 is 11.8 Å². The van der Waals surface area contributed by atoms with Gasteiger partial charge in [-0.25, -0.2) is 4.79 Å². The van der Waals surface area contributed by atoms with Gasteiger partial charge in [0.15, 0.2) is 0 Å². The van der Waals surface area contributed by atoms with Crippen LogP contribution < -0.4 is 11.1 Å². The predicted octanol–water partition coefficient (Wildman–Crippen LogP) is 0.540. The molecular formula is C11H19N3O2S. The van der Waals surface area contributed by atoms with Crippen molar-refractivity contribution >= 4 is 23.7 Å². The molecule has 0 radical (unpaired) electrons. The average molecular weight is 257 g/mol. The lowest BCUT2D eigenvalue weighted by Gasteiger charge is -2.23. The number of carbonyl (C=O) groups is 2. The summed E-state index contributed by atoms with van der Waals surface area (Å²) >= 11 is 1.93. The Morgan fingerprint density at radius 1 is 1.59 bits per heavy atom. The molecule has 0 aromatic heterocycles. The predicted molar refractivity (Wildman–Crippen MR) is 67.8 cm³/mol. The molecule has 2 fully saturated rings. The Morgan fingerprint density at radius 3 is 3.06 bits per heavy atom. The van der Waals surface area contributed by atoms with Gasteiger partial charge in [-0.3, -0.25) is 4.79 Å². The molecule has 2 saturated heterocycles. The van der Waals surface area contributed by atoms with Crippen LogP contribution in [0.4, 0.5) is 4.79 Å². The number of unbranched alkanes of at least 4 members (excludes halogenated alkanes) is 1. The van der Waals surface area contributed by atoms with Gasteiger partial charge in [-0.15, -0.1) is 0 Å². The standard InChI is InChI=1S/C11H19N3O2S/c1-14-10-7(13-11(14)16)6-17-8(10)4-2-3-5-9(12)15/h7-8,10H,2-6H2,1H3,(H2,12,15)(H,13,16)/t7?,8-,10?/m0/s1. The van der Waals surface area contributed by atoms with E-state index in [2.05, 4.69) is 5.32 Å². The normalized spacial score (nSPS) is 31.5. The number of fused-ring (bicyclic) bond motifs is 1. The van der Waals surface area contributed by atoms with Crippen molar-refractivity contribution in [3.63, 3.8) is 0 Å². The highest BCUT2D eigenvalue weighted by Gasteiger charge is 2.46. The van der Waals surface area contributed by atoms with Crippen LogP contribution in [0.15, 0.2) is 0 Å². The number of hydrogen-bond donors (Lipinski definition) is 2. The highest BCUT2D eigenvalue weighted by atomic mass is 32.2. The quantitative estimate of drug-likeness (QED) is 0.557. The van der Waals surface area contributed by atoms with Gasteiger partial charge < -0.3 is 16.0 Å². The number of amides is 3. The number of primary amides is 1. The molecule has 3 amide bonds. The van der Waals surface area contributed by atoms with Gasteiger partial charge in [0.2, 0.25) is 5.91 Å². The van der Waals surface area contributed by atoms with Crippen LogP contribution in [-0.4, -0.2) is 47.0 Å². The van der Waals surface area contributed by atoms with E-state index in [0.29, 0.717) is 23.8 Å². The van der Waals surface area contributed by atoms with E-state index in [0.717, 1.165) is 25.0 Å². The first-order valence-electron chi connectivity index (χ1n) is 6.03. The van der Waals surface area contributed by atoms with Gasteiger partial charge in [-0.2, -0.15) is 11.8 Å². The zero-order valence-corrected chi connectivity index (χ0v) is 10.8. The van der Waals surface area contributed by atoms with E-state index in [1.807, 2.05) is 23.7 Å². The van der Waals surface area contributed by atoms with E-state index in [-0.39, 0.29) is 11.9 Å². The molecular weight excluding hydrogens is 238 g/mol. The Kier molecular flexibility index (Phi) is 3.81. The average Bonchev–Trinajstić information content (AvgIpc) is 2.77. The van der Waals surface area contributed by atoms with Crippen molar-refractivity contribution in [2.45, 2.75) is 43.0 Å². The second-order valence-electron chi connectivity index (χ2n) is 4.74. The summed E-state index contributed by atoms with van der Waals surface area (Å²) in [5.41, 5.74) is 5.11. The summed E-state index contributed by atoms with van der Waals surface area (Å²) in [4.78, 5) is 23.9. The van der Waals surface area contributed by atoms with E-state index in [4.69, 9.17) is 5.73 Å². The maximum absolute atomic E-state index is 11.5. The van der Waals surface area contributed by atoms with E-state index >= 15 is 0 Å². The van der Waals surface area contributed by atoms with Crippen molar-refractivity contribution in [3.8, 4) is 0 Å². The minimum Gasteiger partial charge on any atom is -0.370 e. The maximum atomic E-state index is 11.5. The van der Waals surface area contributed by atoms with Crippen LogP contribution in [0.5, 0.6) is 0 Å². The lowest BCUT2D eigenvalue weighted by molar-refractivity contribution is -0.118. The van der Waals surface area contributed by atoms with E-state index in [9.17, 15) is 9.59 Å². The number of hydrogen-bond acceptors (Lipinski definition) is 3. The van der Waals surface area contributed by atoms with Crippen molar-refractivity contribution < 1.29 is 9.59 Å². The van der Waals surface area contributed by atoms with Gasteiger partial charge in [0.1, 0.15) is 0 Å². The van der Waals surface area contributed by atoms with Gasteiger partial charge in [-0.1, -0.05) is 6.42 Å². The molecule has 2 heterocycles. The van der Waals surface area contributed by atoms with Crippen molar-refractivity contribution in [2.24, 2.45) is 5.73 Å². The SMILES string of the molecule is CN1C(=O)NC2CS[C@@H](CCCCC(N)=O)C21. The van der Waals surface area contributed by atoms with Crippen molar-refractivity contribution in [1.29, 1.82) is 0 Å². The lowest BCUT2D eigenvalue weighted by atomic mass is 10.0. The smallest absolute Gasteiger partial charge is 0.317 e. The zero-order valence-electron chi connectivity index (χ0n) is 10.0. The second kappa shape index (κ2) is 5.16. The molecule has 3 atom stereocenters. The number of nitrogens with one attached hydrogen (secondary N) is 1. The number of urea groups is 1. The maximum Gasteiger partial charge on any atom is 0.317 e. The van der Waals surface area contributed by atoms with Crippen molar-refractivity contribution in [2.75, 3.05) is 12.8 Å². The molecule has 0 saturated carbocycles. The van der Waals surface area contributed by atoms with Gasteiger partial charge >= 0.3 is 6.03 Å². The molecule has 5 nitrogen and oxygen atoms in total. The fraction of sp³-hybridized carbons (Fsp3) is 0.818. The number of carbonyl (C=O) groups excluding carboxylic acids is 2. The minimum atomic E-state index is -0.225. The number of thioether (sulfide) groups is 1. The Hall–Kier alpha value is -0.910. The highest BCUT2D eigenvalue weighted by molar-refractivity contribution is 8.00. The first-order valence-corrected chi connectivity index (χ1v) is 7.07. The van der Waals surface area contributed by atoms with E-state index < -0.39 is 0 Å². The minimum absolute atomic E-state index is 0.0439. The number of likely N-dealkylation sites (N-methyl/N-ethyl adjacent to an activating group) is 1. The van der Waals surface area contributed by atoms with Crippen LogP contribution in [0.2, 0.25) is 0 Å². The molecule has 96 valence electrons. The van der Waals surface area contributed by atoms with Crippen LogP contribution in [0.25, 0.3) is 0 Å². The van der Waals surface area contributed by atoms with Gasteiger partial charge in [0.25, 0.3) is 0 Å². The number of rotatable bonds is 5. The topological polar surface area (TPSA) is 75.4 Å². The summed E-state index contributed by atoms with van der Waals surface area (Å²) in [5.74, 6) is 0.776. The molecule has 3 N–H and O–H groups in total. The summed E-state index contributed by atoms with van der Waals surface area (Å²) in [6, 6.07) is 0.669. The van der Waals surface area contributed by atoms with Crippen molar-refractivity contribution in [3.05, 3.63) is 0 Å². The monoisotopic (exact) mass is 257 g/mol. The van der Waals surface area contributed by atoms with Crippen LogP contribution in [0, 0.1) is 0 Å². The lowest BCUT2D eigenvalue weighted by Crippen LogP contribution is -2.38. The highest BCUT2D eigenvalue weighted by Crippen LogP contribution is 2.36. The summed E-state index contributed by atoms with van der Waals surface area (Å²) in [6.45, 7) is 0. The molecule has 2 unspecified atom stereocenters. The molecule has 0 aromatic carbocycles. The van der Waals surface area contributed by atoms with Gasteiger partial charge in [0, 0.05) is 24.5 Å². The first-order chi connectivity index (χ1) is 8.09. The molecule has 17 heavy (non-hydrogen) atoms. The van der Waals surface area contributed by atoms with Crippen molar-refractivity contribution in [1.82, 2.24) is 10.2 Å². The molecule has 0 aliphatic carbocycles. The third kappa shape index (κ3) is 2.68. The van der Waals surface area contributed by atoms with Crippen LogP contribution in [-0.2, 0) is 4.79 Å². The first kappa shape index (κ1) is 12.5. The number of nitrogens with two attached hydrogens (primary N) is 1. The zero-order chi connectivity index (χ0) is 12.4. The second-order valence-corrected chi connectivity index (χ2v) is 6.01. The summed E-state index contributed by atoms with van der Waals surface area (Å²) in [6.07, 6.45) is 3.39. The summed E-state index contributed by atoms with van der Waals surface area (Å²) in [5, 5.41) is 3.49. The Morgan fingerprint density at radius 2 is 2.35 bits per heavy atom. The third-order valence-electron chi connectivity index (χ3n) is 3.52. The van der Waals surface area contributed by atoms with Gasteiger partial charge in [-0.05, 0) is 12.8 Å². The number of nitrogens with zero attached hydrogens (tertiary/aromatic N) is 1. The van der Waals surface area contributed by atoms with E-state index in [1.54, 1.807) is 0 Å². The van der Waals surface area contributed by atoms with Crippen LogP contribution in [0.1, 0.15) is 25.7 Å². The van der Waals surface area contributed by atoms with Gasteiger partial charge in [0.05, 0.1) is 12.1 Å². The molecule has 0 bridgehead atoms. The summed E-state index contributed by atoms with van der Waals surface area (Å²) < 4.78 is 0. The molecule has 6 heteroatoms. The Labute approximate surface area is 105 Å². The largest absolute Gasteiger partial charge is 0.370 e. The molecule has 2 rings (SSSR count). The fourth-order valence-corrected chi connectivity index (χ4v) is 4.26. The van der Waals surface area contributed by atoms with Crippen LogP contribution in [0.3, 0.4) is 0 Å².